The first-order chi connectivity index (χ1) is 8.69. The highest BCUT2D eigenvalue weighted by molar-refractivity contribution is 5.90. The van der Waals surface area contributed by atoms with Crippen molar-refractivity contribution in [2.24, 2.45) is 0 Å². The van der Waals surface area contributed by atoms with Gasteiger partial charge in [0.2, 0.25) is 0 Å². The summed E-state index contributed by atoms with van der Waals surface area (Å²) in [5.74, 6) is -0.232. The monoisotopic (exact) mass is 249 g/mol. The normalized spacial score (nSPS) is 12.2. The Hall–Kier alpha value is -1.35. The summed E-state index contributed by atoms with van der Waals surface area (Å²) in [7, 11) is 0. The van der Waals surface area contributed by atoms with Crippen molar-refractivity contribution in [3.05, 3.63) is 35.4 Å². The van der Waals surface area contributed by atoms with Gasteiger partial charge in [0.15, 0.2) is 0 Å². The van der Waals surface area contributed by atoms with Gasteiger partial charge in [-0.1, -0.05) is 32.0 Å². The van der Waals surface area contributed by atoms with Crippen LogP contribution in [-0.4, -0.2) is 25.2 Å². The van der Waals surface area contributed by atoms with Crippen molar-refractivity contribution in [1.82, 2.24) is 5.32 Å². The molecule has 1 atom stereocenters. The molecule has 0 bridgehead atoms. The molecule has 0 radical (unpaired) electrons. The van der Waals surface area contributed by atoms with Crippen LogP contribution < -0.4 is 5.32 Å². The summed E-state index contributed by atoms with van der Waals surface area (Å²) in [5, 5.41) is 3.36. The van der Waals surface area contributed by atoms with E-state index in [9.17, 15) is 4.79 Å². The Morgan fingerprint density at radius 1 is 1.33 bits per heavy atom. The van der Waals surface area contributed by atoms with Crippen LogP contribution in [0.5, 0.6) is 0 Å². The standard InChI is InChI=1S/C15H23NO2/c1-4-10-16-13(5-2)11-18-15(17)14-9-7-6-8-12(14)3/h6-9,13,16H,4-5,10-11H2,1-3H3. The van der Waals surface area contributed by atoms with E-state index < -0.39 is 0 Å². The fraction of sp³-hybridized carbons (Fsp3) is 0.533. The number of hydrogen-bond acceptors (Lipinski definition) is 3. The lowest BCUT2D eigenvalue weighted by Gasteiger charge is -2.16. The molecular weight excluding hydrogens is 226 g/mol. The van der Waals surface area contributed by atoms with Gasteiger partial charge in [0, 0.05) is 6.04 Å². The topological polar surface area (TPSA) is 38.3 Å². The van der Waals surface area contributed by atoms with Crippen LogP contribution in [0.4, 0.5) is 0 Å². The minimum Gasteiger partial charge on any atom is -0.460 e. The molecule has 0 aromatic heterocycles. The van der Waals surface area contributed by atoms with Crippen molar-refractivity contribution >= 4 is 5.97 Å². The van der Waals surface area contributed by atoms with Gasteiger partial charge in [-0.25, -0.2) is 4.79 Å². The quantitative estimate of drug-likeness (QED) is 0.755. The molecule has 18 heavy (non-hydrogen) atoms. The Morgan fingerprint density at radius 2 is 2.06 bits per heavy atom. The van der Waals surface area contributed by atoms with Crippen LogP contribution in [0.3, 0.4) is 0 Å². The van der Waals surface area contributed by atoms with Crippen LogP contribution in [0.25, 0.3) is 0 Å². The smallest absolute Gasteiger partial charge is 0.338 e. The van der Waals surface area contributed by atoms with Crippen molar-refractivity contribution in [3.63, 3.8) is 0 Å². The fourth-order valence-electron chi connectivity index (χ4n) is 1.73. The molecule has 0 heterocycles. The van der Waals surface area contributed by atoms with Crippen molar-refractivity contribution in [2.75, 3.05) is 13.2 Å². The van der Waals surface area contributed by atoms with Gasteiger partial charge >= 0.3 is 5.97 Å². The zero-order valence-electron chi connectivity index (χ0n) is 11.5. The fourth-order valence-corrected chi connectivity index (χ4v) is 1.73. The molecule has 1 unspecified atom stereocenters. The largest absolute Gasteiger partial charge is 0.460 e. The molecule has 3 nitrogen and oxygen atoms in total. The van der Waals surface area contributed by atoms with Gasteiger partial charge < -0.3 is 10.1 Å². The van der Waals surface area contributed by atoms with E-state index in [1.165, 1.54) is 0 Å². The molecule has 1 N–H and O–H groups in total. The maximum Gasteiger partial charge on any atom is 0.338 e. The third kappa shape index (κ3) is 4.49. The van der Waals surface area contributed by atoms with Crippen LogP contribution in [0.1, 0.15) is 42.6 Å². The number of hydrogen-bond donors (Lipinski definition) is 1. The van der Waals surface area contributed by atoms with E-state index in [-0.39, 0.29) is 12.0 Å². The number of carbonyl (C=O) groups excluding carboxylic acids is 1. The van der Waals surface area contributed by atoms with E-state index in [1.54, 1.807) is 6.07 Å². The van der Waals surface area contributed by atoms with E-state index in [1.807, 2.05) is 25.1 Å². The van der Waals surface area contributed by atoms with Gasteiger partial charge in [0.1, 0.15) is 6.61 Å². The highest BCUT2D eigenvalue weighted by atomic mass is 16.5. The van der Waals surface area contributed by atoms with E-state index >= 15 is 0 Å². The molecule has 0 fully saturated rings. The van der Waals surface area contributed by atoms with Gasteiger partial charge in [-0.15, -0.1) is 0 Å². The number of rotatable bonds is 7. The van der Waals surface area contributed by atoms with Crippen LogP contribution in [0, 0.1) is 6.92 Å². The Labute approximate surface area is 110 Å². The summed E-state index contributed by atoms with van der Waals surface area (Å²) in [4.78, 5) is 11.9. The first kappa shape index (κ1) is 14.7. The second kappa shape index (κ2) is 7.88. The van der Waals surface area contributed by atoms with Gasteiger partial charge in [-0.2, -0.15) is 0 Å². The second-order valence-electron chi connectivity index (χ2n) is 4.47. The van der Waals surface area contributed by atoms with Crippen LogP contribution in [-0.2, 0) is 4.74 Å². The third-order valence-electron chi connectivity index (χ3n) is 2.96. The molecule has 100 valence electrons. The molecule has 0 aliphatic rings. The highest BCUT2D eigenvalue weighted by Crippen LogP contribution is 2.09. The molecule has 1 aromatic rings. The maximum absolute atomic E-state index is 11.9. The van der Waals surface area contributed by atoms with Crippen molar-refractivity contribution in [3.8, 4) is 0 Å². The second-order valence-corrected chi connectivity index (χ2v) is 4.47. The Kier molecular flexibility index (Phi) is 6.44. The molecule has 0 amide bonds. The lowest BCUT2D eigenvalue weighted by atomic mass is 10.1. The van der Waals surface area contributed by atoms with E-state index in [0.717, 1.165) is 24.9 Å². The molecule has 1 rings (SSSR count). The van der Waals surface area contributed by atoms with Crippen molar-refractivity contribution in [2.45, 2.75) is 39.7 Å². The Morgan fingerprint density at radius 3 is 2.67 bits per heavy atom. The maximum atomic E-state index is 11.9. The van der Waals surface area contributed by atoms with Gasteiger partial charge in [0.05, 0.1) is 5.56 Å². The summed E-state index contributed by atoms with van der Waals surface area (Å²) >= 11 is 0. The summed E-state index contributed by atoms with van der Waals surface area (Å²) in [6, 6.07) is 7.75. The molecule has 3 heteroatoms. The minimum atomic E-state index is -0.232. The number of benzene rings is 1. The van der Waals surface area contributed by atoms with Crippen LogP contribution >= 0.6 is 0 Å². The average molecular weight is 249 g/mol. The molecule has 0 saturated heterocycles. The average Bonchev–Trinajstić information content (AvgIpc) is 2.39. The summed E-state index contributed by atoms with van der Waals surface area (Å²) in [6.07, 6.45) is 2.04. The number of aryl methyl sites for hydroxylation is 1. The van der Waals surface area contributed by atoms with Gasteiger partial charge in [-0.05, 0) is 37.9 Å². The van der Waals surface area contributed by atoms with Crippen molar-refractivity contribution in [1.29, 1.82) is 0 Å². The van der Waals surface area contributed by atoms with E-state index in [2.05, 4.69) is 19.2 Å². The summed E-state index contributed by atoms with van der Waals surface area (Å²) in [5.41, 5.74) is 1.61. The Balaban J connectivity index is 2.47. The lowest BCUT2D eigenvalue weighted by Crippen LogP contribution is -2.34. The molecular formula is C15H23NO2. The Bertz CT molecular complexity index is 377. The predicted molar refractivity (Wildman–Crippen MR) is 73.8 cm³/mol. The lowest BCUT2D eigenvalue weighted by molar-refractivity contribution is 0.0462. The molecule has 1 aromatic carbocycles. The number of esters is 1. The first-order valence-electron chi connectivity index (χ1n) is 6.65. The highest BCUT2D eigenvalue weighted by Gasteiger charge is 2.12. The van der Waals surface area contributed by atoms with E-state index in [0.29, 0.717) is 12.2 Å². The van der Waals surface area contributed by atoms with E-state index in [4.69, 9.17) is 4.74 Å². The first-order valence-corrected chi connectivity index (χ1v) is 6.65. The summed E-state index contributed by atoms with van der Waals surface area (Å²) < 4.78 is 5.36. The SMILES string of the molecule is CCCNC(CC)COC(=O)c1ccccc1C. The number of ether oxygens (including phenoxy) is 1. The minimum absolute atomic E-state index is 0.232. The zero-order chi connectivity index (χ0) is 13.4. The zero-order valence-corrected chi connectivity index (χ0v) is 11.5. The van der Waals surface area contributed by atoms with Gasteiger partial charge in [-0.3, -0.25) is 0 Å². The third-order valence-corrected chi connectivity index (χ3v) is 2.96. The summed E-state index contributed by atoms with van der Waals surface area (Å²) in [6.45, 7) is 7.53. The van der Waals surface area contributed by atoms with Crippen molar-refractivity contribution < 1.29 is 9.53 Å². The molecule has 0 spiro atoms. The number of nitrogens with one attached hydrogen (secondary N) is 1. The molecule has 0 aliphatic carbocycles. The molecule has 0 saturated carbocycles. The van der Waals surface area contributed by atoms with Crippen LogP contribution in [0.15, 0.2) is 24.3 Å². The molecule has 0 aliphatic heterocycles. The van der Waals surface area contributed by atoms with Crippen LogP contribution in [0.2, 0.25) is 0 Å². The predicted octanol–water partition coefficient (Wildman–Crippen LogP) is 2.93. The van der Waals surface area contributed by atoms with Gasteiger partial charge in [0.25, 0.3) is 0 Å². The number of carbonyl (C=O) groups is 1.